The van der Waals surface area contributed by atoms with Crippen LogP contribution in [0.3, 0.4) is 0 Å². The van der Waals surface area contributed by atoms with Crippen LogP contribution in [0.25, 0.3) is 27.4 Å². The smallest absolute Gasteiger partial charge is 0.294 e. The number of ether oxygens (including phenoxy) is 4. The Kier molecular flexibility index (Phi) is 6.38. The van der Waals surface area contributed by atoms with Crippen molar-refractivity contribution in [2.24, 2.45) is 0 Å². The molecule has 0 amide bonds. The number of methoxy groups -OCH3 is 2. The second kappa shape index (κ2) is 10.1. The Hall–Kier alpha value is -3.64. The minimum atomic E-state index is -0.312. The molecule has 1 unspecified atom stereocenters. The summed E-state index contributed by atoms with van der Waals surface area (Å²) < 4.78 is 30.7. The number of imidazole rings is 1. The molecular formula is C28H23ClN4O5S2. The second-order valence-corrected chi connectivity index (χ2v) is 11.6. The Morgan fingerprint density at radius 1 is 1.12 bits per heavy atom. The molecular weight excluding hydrogens is 572 g/mol. The molecule has 9 nitrogen and oxygen atoms in total. The van der Waals surface area contributed by atoms with E-state index in [0.717, 1.165) is 28.1 Å². The normalized spacial score (nSPS) is 17.2. The van der Waals surface area contributed by atoms with Crippen LogP contribution in [-0.4, -0.2) is 47.0 Å². The fourth-order valence-electron chi connectivity index (χ4n) is 4.95. The molecule has 0 aliphatic carbocycles. The summed E-state index contributed by atoms with van der Waals surface area (Å²) in [4.78, 5) is 10.3. The summed E-state index contributed by atoms with van der Waals surface area (Å²) in [6.45, 7) is 1.54. The molecule has 1 aliphatic rings. The third kappa shape index (κ3) is 4.39. The van der Waals surface area contributed by atoms with Crippen molar-refractivity contribution < 1.29 is 23.4 Å². The number of rotatable bonds is 8. The molecule has 1 saturated heterocycles. The van der Waals surface area contributed by atoms with E-state index in [4.69, 9.17) is 39.9 Å². The van der Waals surface area contributed by atoms with E-state index in [1.165, 1.54) is 11.3 Å². The van der Waals surface area contributed by atoms with Gasteiger partial charge in [0.2, 0.25) is 4.96 Å². The average molecular weight is 595 g/mol. The van der Waals surface area contributed by atoms with Crippen molar-refractivity contribution in [2.45, 2.75) is 18.4 Å². The van der Waals surface area contributed by atoms with Crippen molar-refractivity contribution >= 4 is 50.2 Å². The van der Waals surface area contributed by atoms with Crippen molar-refractivity contribution in [2.75, 3.05) is 27.4 Å². The molecule has 5 heterocycles. The number of halogens is 1. The molecule has 0 spiro atoms. The monoisotopic (exact) mass is 594 g/mol. The van der Waals surface area contributed by atoms with Gasteiger partial charge in [-0.3, -0.25) is 0 Å². The first-order valence-corrected chi connectivity index (χ1v) is 14.6. The predicted molar refractivity (Wildman–Crippen MR) is 153 cm³/mol. The largest absolute Gasteiger partial charge is 0.496 e. The minimum Gasteiger partial charge on any atom is -0.496 e. The van der Waals surface area contributed by atoms with Gasteiger partial charge in [-0.2, -0.15) is 0 Å². The van der Waals surface area contributed by atoms with Crippen LogP contribution in [0.5, 0.6) is 16.7 Å². The average Bonchev–Trinajstić information content (AvgIpc) is 3.78. The Labute approximate surface area is 241 Å². The molecule has 0 bridgehead atoms. The molecule has 7 rings (SSSR count). The van der Waals surface area contributed by atoms with Gasteiger partial charge in [-0.05, 0) is 41.5 Å². The summed E-state index contributed by atoms with van der Waals surface area (Å²) in [6.07, 6.45) is 2.66. The van der Waals surface area contributed by atoms with Crippen LogP contribution in [0, 0.1) is 0 Å². The van der Waals surface area contributed by atoms with Crippen LogP contribution in [0.2, 0.25) is 5.02 Å². The van der Waals surface area contributed by atoms with E-state index >= 15 is 0 Å². The Bertz CT molecular complexity index is 1800. The van der Waals surface area contributed by atoms with Gasteiger partial charge in [0.1, 0.15) is 34.4 Å². The molecule has 1 atom stereocenters. The lowest BCUT2D eigenvalue weighted by atomic mass is 9.80. The first kappa shape index (κ1) is 25.3. The fraction of sp³-hybridized carbons (Fsp3) is 0.250. The summed E-state index contributed by atoms with van der Waals surface area (Å²) in [7, 11) is 3.20. The van der Waals surface area contributed by atoms with E-state index in [2.05, 4.69) is 16.1 Å². The van der Waals surface area contributed by atoms with Crippen LogP contribution < -0.4 is 14.2 Å². The van der Waals surface area contributed by atoms with E-state index in [0.29, 0.717) is 56.9 Å². The van der Waals surface area contributed by atoms with Gasteiger partial charge >= 0.3 is 0 Å². The topological polar surface area (TPSA) is 93.1 Å². The Balaban J connectivity index is 1.17. The number of furan rings is 1. The van der Waals surface area contributed by atoms with Crippen LogP contribution in [0.1, 0.15) is 22.7 Å². The molecule has 12 heteroatoms. The van der Waals surface area contributed by atoms with Crippen LogP contribution in [0.4, 0.5) is 0 Å². The fourth-order valence-corrected chi connectivity index (χ4v) is 6.88. The van der Waals surface area contributed by atoms with E-state index in [1.807, 2.05) is 48.0 Å². The number of hydrogen-bond acceptors (Lipinski definition) is 10. The zero-order chi connectivity index (χ0) is 27.3. The first-order valence-electron chi connectivity index (χ1n) is 12.5. The lowest BCUT2D eigenvalue weighted by Gasteiger charge is -2.25. The summed E-state index contributed by atoms with van der Waals surface area (Å²) in [6, 6.07) is 13.6. The number of aromatic nitrogens is 4. The summed E-state index contributed by atoms with van der Waals surface area (Å²) in [5, 5.41) is 9.44. The van der Waals surface area contributed by atoms with Gasteiger partial charge in [0.15, 0.2) is 5.76 Å². The number of thiazole rings is 1. The van der Waals surface area contributed by atoms with Crippen molar-refractivity contribution in [1.82, 2.24) is 19.6 Å². The molecule has 1 fully saturated rings. The maximum Gasteiger partial charge on any atom is 0.294 e. The van der Waals surface area contributed by atoms with E-state index in [9.17, 15) is 0 Å². The number of nitrogens with zero attached hydrogens (tertiary/aromatic N) is 4. The van der Waals surface area contributed by atoms with E-state index in [-0.39, 0.29) is 12.0 Å². The minimum absolute atomic E-state index is 0.287. The highest BCUT2D eigenvalue weighted by Gasteiger charge is 2.41. The maximum absolute atomic E-state index is 6.33. The van der Waals surface area contributed by atoms with E-state index < -0.39 is 0 Å². The molecule has 204 valence electrons. The highest BCUT2D eigenvalue weighted by atomic mass is 35.5. The molecule has 40 heavy (non-hydrogen) atoms. The van der Waals surface area contributed by atoms with Crippen LogP contribution in [0.15, 0.2) is 58.5 Å². The first-order chi connectivity index (χ1) is 19.5. The third-order valence-corrected chi connectivity index (χ3v) is 9.21. The highest BCUT2D eigenvalue weighted by Crippen LogP contribution is 2.42. The lowest BCUT2D eigenvalue weighted by Crippen LogP contribution is -2.28. The quantitative estimate of drug-likeness (QED) is 0.194. The van der Waals surface area contributed by atoms with Gasteiger partial charge in [-0.15, -0.1) is 16.4 Å². The molecule has 2 aromatic carbocycles. The molecule has 0 N–H and O–H groups in total. The van der Waals surface area contributed by atoms with Gasteiger partial charge < -0.3 is 23.4 Å². The summed E-state index contributed by atoms with van der Waals surface area (Å²) in [5.41, 5.74) is 2.94. The summed E-state index contributed by atoms with van der Waals surface area (Å²) >= 11 is 9.30. The van der Waals surface area contributed by atoms with Gasteiger partial charge in [-0.1, -0.05) is 23.7 Å². The number of benzene rings is 2. The molecule has 1 aliphatic heterocycles. The number of fused-ring (bicyclic) bond motifs is 2. The van der Waals surface area contributed by atoms with Gasteiger partial charge in [-0.25, -0.2) is 14.5 Å². The number of hydrogen-bond donors (Lipinski definition) is 0. The van der Waals surface area contributed by atoms with Crippen molar-refractivity contribution in [3.8, 4) is 28.1 Å². The summed E-state index contributed by atoms with van der Waals surface area (Å²) in [5.74, 6) is 1.86. The molecule has 0 saturated carbocycles. The van der Waals surface area contributed by atoms with Gasteiger partial charge in [0.05, 0.1) is 43.5 Å². The molecule has 0 radical (unpaired) electrons. The Morgan fingerprint density at radius 2 is 2.05 bits per heavy atom. The standard InChI is InChI=1S/C28H23ClN4O5S2/c1-34-19-9-22(20-11-24(38-23(20)10-19)21-12-33-26(31-21)40-27(32-33)35-2)37-13-18-14-39-25(30-18)28(6-7-36-15-28)16-4-3-5-17(29)8-16/h3-5,8-12,14H,6-7,13,15H2,1-2H3. The van der Waals surface area contributed by atoms with Gasteiger partial charge in [0.25, 0.3) is 5.19 Å². The predicted octanol–water partition coefficient (Wildman–Crippen LogP) is 6.62. The molecule has 4 aromatic heterocycles. The van der Waals surface area contributed by atoms with Crippen LogP contribution in [-0.2, 0) is 16.8 Å². The van der Waals surface area contributed by atoms with Crippen molar-refractivity contribution in [3.05, 3.63) is 75.3 Å². The zero-order valence-electron chi connectivity index (χ0n) is 21.5. The van der Waals surface area contributed by atoms with Crippen molar-refractivity contribution in [1.29, 1.82) is 0 Å². The Morgan fingerprint density at radius 3 is 2.83 bits per heavy atom. The van der Waals surface area contributed by atoms with Crippen molar-refractivity contribution in [3.63, 3.8) is 0 Å². The lowest BCUT2D eigenvalue weighted by molar-refractivity contribution is 0.184. The maximum atomic E-state index is 6.33. The molecule has 6 aromatic rings. The second-order valence-electron chi connectivity index (χ2n) is 9.40. The third-order valence-electron chi connectivity index (χ3n) is 7.00. The SMILES string of the molecule is COc1cc(OCc2csc(C3(c4cccc(Cl)c4)CCOC3)n2)c2cc(-c3cn4nc(OC)sc4n3)oc2c1. The highest BCUT2D eigenvalue weighted by molar-refractivity contribution is 7.18. The van der Waals surface area contributed by atoms with E-state index in [1.54, 1.807) is 30.1 Å². The zero-order valence-corrected chi connectivity index (χ0v) is 23.9. The van der Waals surface area contributed by atoms with Gasteiger partial charge in [0, 0.05) is 29.1 Å². The van der Waals surface area contributed by atoms with Crippen LogP contribution >= 0.6 is 34.3 Å².